The molecule has 2 rings (SSSR count). The number of nitrogens with zero attached hydrogens (tertiary/aromatic N) is 1. The van der Waals surface area contributed by atoms with Crippen molar-refractivity contribution in [2.24, 2.45) is 0 Å². The smallest absolute Gasteiger partial charge is 0.0653 e. The van der Waals surface area contributed by atoms with Gasteiger partial charge in [0.05, 0.1) is 13.2 Å². The van der Waals surface area contributed by atoms with Gasteiger partial charge in [-0.05, 0) is 30.5 Å². The topological polar surface area (TPSA) is 12.5 Å². The first-order valence-corrected chi connectivity index (χ1v) is 5.58. The molecule has 0 atom stereocenters. The molecule has 0 amide bonds. The van der Waals surface area contributed by atoms with Gasteiger partial charge in [-0.1, -0.05) is 19.1 Å². The standard InChI is InChI=1S/C12H19NO/c1-2-13-7-3-4-12(10-13)11-5-8-14-9-6-11/h4-5H,2-3,6-10H2,1H3. The van der Waals surface area contributed by atoms with E-state index in [1.165, 1.54) is 25.1 Å². The van der Waals surface area contributed by atoms with Gasteiger partial charge in [0.15, 0.2) is 0 Å². The fourth-order valence-electron chi connectivity index (χ4n) is 2.13. The van der Waals surface area contributed by atoms with Crippen LogP contribution in [0.25, 0.3) is 0 Å². The van der Waals surface area contributed by atoms with Crippen LogP contribution in [0.1, 0.15) is 19.8 Å². The van der Waals surface area contributed by atoms with E-state index in [2.05, 4.69) is 24.0 Å². The highest BCUT2D eigenvalue weighted by atomic mass is 16.5. The van der Waals surface area contributed by atoms with Crippen LogP contribution in [0.2, 0.25) is 0 Å². The van der Waals surface area contributed by atoms with Crippen LogP contribution < -0.4 is 0 Å². The second kappa shape index (κ2) is 4.76. The summed E-state index contributed by atoms with van der Waals surface area (Å²) in [6.45, 7) is 7.47. The van der Waals surface area contributed by atoms with Crippen molar-refractivity contribution in [3.05, 3.63) is 23.3 Å². The highest BCUT2D eigenvalue weighted by Crippen LogP contribution is 2.22. The third-order valence-corrected chi connectivity index (χ3v) is 3.05. The van der Waals surface area contributed by atoms with Gasteiger partial charge < -0.3 is 4.74 Å². The molecule has 0 bridgehead atoms. The zero-order chi connectivity index (χ0) is 9.80. The third kappa shape index (κ3) is 2.25. The van der Waals surface area contributed by atoms with Crippen molar-refractivity contribution in [3.63, 3.8) is 0 Å². The minimum Gasteiger partial charge on any atom is -0.377 e. The van der Waals surface area contributed by atoms with Crippen molar-refractivity contribution in [1.29, 1.82) is 0 Å². The predicted octanol–water partition coefficient (Wildman–Crippen LogP) is 1.99. The summed E-state index contributed by atoms with van der Waals surface area (Å²) >= 11 is 0. The van der Waals surface area contributed by atoms with Gasteiger partial charge in [0, 0.05) is 13.1 Å². The second-order valence-electron chi connectivity index (χ2n) is 3.94. The Morgan fingerprint density at radius 3 is 3.00 bits per heavy atom. The molecular formula is C12H19NO. The summed E-state index contributed by atoms with van der Waals surface area (Å²) in [6, 6.07) is 0. The van der Waals surface area contributed by atoms with Crippen LogP contribution in [0.5, 0.6) is 0 Å². The van der Waals surface area contributed by atoms with E-state index >= 15 is 0 Å². The summed E-state index contributed by atoms with van der Waals surface area (Å²) < 4.78 is 5.33. The summed E-state index contributed by atoms with van der Waals surface area (Å²) in [5.41, 5.74) is 3.07. The first-order chi connectivity index (χ1) is 6.90. The van der Waals surface area contributed by atoms with Crippen LogP contribution >= 0.6 is 0 Å². The Labute approximate surface area is 86.2 Å². The van der Waals surface area contributed by atoms with Crippen molar-refractivity contribution < 1.29 is 4.74 Å². The number of rotatable bonds is 2. The normalized spacial score (nSPS) is 24.4. The molecule has 2 aliphatic rings. The van der Waals surface area contributed by atoms with Crippen LogP contribution in [0.3, 0.4) is 0 Å². The van der Waals surface area contributed by atoms with Crippen molar-refractivity contribution in [2.45, 2.75) is 19.8 Å². The van der Waals surface area contributed by atoms with Crippen molar-refractivity contribution in [2.75, 3.05) is 32.8 Å². The van der Waals surface area contributed by atoms with Crippen LogP contribution in [0, 0.1) is 0 Å². The Bertz CT molecular complexity index is 255. The van der Waals surface area contributed by atoms with Gasteiger partial charge in [-0.25, -0.2) is 0 Å². The van der Waals surface area contributed by atoms with E-state index in [0.29, 0.717) is 0 Å². The van der Waals surface area contributed by atoms with Gasteiger partial charge in [-0.2, -0.15) is 0 Å². The molecule has 78 valence electrons. The monoisotopic (exact) mass is 193 g/mol. The van der Waals surface area contributed by atoms with Crippen molar-refractivity contribution >= 4 is 0 Å². The fraction of sp³-hybridized carbons (Fsp3) is 0.667. The molecule has 0 aromatic carbocycles. The molecule has 0 saturated heterocycles. The summed E-state index contributed by atoms with van der Waals surface area (Å²) in [5, 5.41) is 0. The second-order valence-corrected chi connectivity index (χ2v) is 3.94. The maximum absolute atomic E-state index is 5.33. The van der Waals surface area contributed by atoms with E-state index < -0.39 is 0 Å². The number of hydrogen-bond donors (Lipinski definition) is 0. The van der Waals surface area contributed by atoms with E-state index in [9.17, 15) is 0 Å². The first-order valence-electron chi connectivity index (χ1n) is 5.58. The number of ether oxygens (including phenoxy) is 1. The lowest BCUT2D eigenvalue weighted by molar-refractivity contribution is 0.154. The lowest BCUT2D eigenvalue weighted by Gasteiger charge is -2.28. The first kappa shape index (κ1) is 9.94. The molecule has 0 aromatic heterocycles. The van der Waals surface area contributed by atoms with Crippen LogP contribution in [0.4, 0.5) is 0 Å². The molecule has 0 N–H and O–H groups in total. The predicted molar refractivity (Wildman–Crippen MR) is 58.3 cm³/mol. The zero-order valence-electron chi connectivity index (χ0n) is 8.96. The van der Waals surface area contributed by atoms with Gasteiger partial charge >= 0.3 is 0 Å². The van der Waals surface area contributed by atoms with Crippen molar-refractivity contribution in [1.82, 2.24) is 4.90 Å². The van der Waals surface area contributed by atoms with Gasteiger partial charge in [0.2, 0.25) is 0 Å². The Hall–Kier alpha value is -0.600. The zero-order valence-corrected chi connectivity index (χ0v) is 8.96. The molecule has 0 radical (unpaired) electrons. The minimum atomic E-state index is 0.804. The highest BCUT2D eigenvalue weighted by molar-refractivity contribution is 5.34. The van der Waals surface area contributed by atoms with E-state index in [-0.39, 0.29) is 0 Å². The number of likely N-dealkylation sites (N-methyl/N-ethyl adjacent to an activating group) is 1. The largest absolute Gasteiger partial charge is 0.377 e. The number of hydrogen-bond acceptors (Lipinski definition) is 2. The highest BCUT2D eigenvalue weighted by Gasteiger charge is 2.15. The molecule has 0 aromatic rings. The molecule has 0 spiro atoms. The quantitative estimate of drug-likeness (QED) is 0.665. The molecule has 0 fully saturated rings. The third-order valence-electron chi connectivity index (χ3n) is 3.05. The molecular weight excluding hydrogens is 174 g/mol. The molecule has 0 aliphatic carbocycles. The molecule has 14 heavy (non-hydrogen) atoms. The lowest BCUT2D eigenvalue weighted by Crippen LogP contribution is -2.30. The SMILES string of the molecule is CCN1CCC=C(C2=CCOCC2)C1. The van der Waals surface area contributed by atoms with Crippen LogP contribution in [-0.2, 0) is 4.74 Å². The van der Waals surface area contributed by atoms with E-state index in [1.807, 2.05) is 0 Å². The minimum absolute atomic E-state index is 0.804. The average molecular weight is 193 g/mol. The lowest BCUT2D eigenvalue weighted by atomic mass is 9.97. The van der Waals surface area contributed by atoms with E-state index in [4.69, 9.17) is 4.74 Å². The summed E-state index contributed by atoms with van der Waals surface area (Å²) in [4.78, 5) is 2.51. The average Bonchev–Trinajstić information content (AvgIpc) is 2.30. The summed E-state index contributed by atoms with van der Waals surface area (Å²) in [7, 11) is 0. The van der Waals surface area contributed by atoms with Gasteiger partial charge in [0.1, 0.15) is 0 Å². The molecule has 2 heterocycles. The van der Waals surface area contributed by atoms with Crippen LogP contribution in [-0.4, -0.2) is 37.7 Å². The fourth-order valence-corrected chi connectivity index (χ4v) is 2.13. The Morgan fingerprint density at radius 1 is 1.36 bits per heavy atom. The Morgan fingerprint density at radius 2 is 2.29 bits per heavy atom. The summed E-state index contributed by atoms with van der Waals surface area (Å²) in [5.74, 6) is 0. The molecule has 2 nitrogen and oxygen atoms in total. The Kier molecular flexibility index (Phi) is 3.38. The summed E-state index contributed by atoms with van der Waals surface area (Å²) in [6.07, 6.45) is 6.96. The molecule has 2 heteroatoms. The van der Waals surface area contributed by atoms with Gasteiger partial charge in [-0.3, -0.25) is 4.90 Å². The Balaban J connectivity index is 2.02. The van der Waals surface area contributed by atoms with Gasteiger partial charge in [-0.15, -0.1) is 0 Å². The van der Waals surface area contributed by atoms with Crippen molar-refractivity contribution in [3.8, 4) is 0 Å². The maximum atomic E-state index is 5.33. The molecule has 0 unspecified atom stereocenters. The maximum Gasteiger partial charge on any atom is 0.0653 e. The van der Waals surface area contributed by atoms with E-state index in [0.717, 1.165) is 26.2 Å². The van der Waals surface area contributed by atoms with Crippen LogP contribution in [0.15, 0.2) is 23.3 Å². The van der Waals surface area contributed by atoms with Gasteiger partial charge in [0.25, 0.3) is 0 Å². The molecule has 0 saturated carbocycles. The van der Waals surface area contributed by atoms with E-state index in [1.54, 1.807) is 5.57 Å². The molecule has 2 aliphatic heterocycles.